The molecule has 2 aliphatic carbocycles. The van der Waals surface area contributed by atoms with Gasteiger partial charge in [0.15, 0.2) is 0 Å². The number of rotatable bonds is 4. The molecule has 32 heavy (non-hydrogen) atoms. The van der Waals surface area contributed by atoms with Gasteiger partial charge in [-0.1, -0.05) is 25.5 Å². The van der Waals surface area contributed by atoms with Gasteiger partial charge in [0.25, 0.3) is 0 Å². The Kier molecular flexibility index (Phi) is 5.70. The van der Waals surface area contributed by atoms with Gasteiger partial charge in [-0.25, -0.2) is 0 Å². The summed E-state index contributed by atoms with van der Waals surface area (Å²) in [5, 5.41) is 11.6. The third-order valence-electron chi connectivity index (χ3n) is 8.99. The van der Waals surface area contributed by atoms with Crippen LogP contribution in [0.4, 0.5) is 5.69 Å². The van der Waals surface area contributed by atoms with Crippen molar-refractivity contribution >= 4 is 11.7 Å². The highest BCUT2D eigenvalue weighted by Crippen LogP contribution is 2.55. The quantitative estimate of drug-likeness (QED) is 0.550. The van der Waals surface area contributed by atoms with Crippen LogP contribution in [0, 0.1) is 23.2 Å². The molecule has 1 aromatic carbocycles. The van der Waals surface area contributed by atoms with Gasteiger partial charge in [-0.05, 0) is 43.0 Å². The molecule has 6 heteroatoms. The summed E-state index contributed by atoms with van der Waals surface area (Å²) in [5.74, 6) is 0.912. The number of methoxy groups -OCH3 is 1. The average Bonchev–Trinajstić information content (AvgIpc) is 3.11. The van der Waals surface area contributed by atoms with Crippen LogP contribution in [0.2, 0.25) is 0 Å². The smallest absolute Gasteiger partial charge is 0.315 e. The Bertz CT molecular complexity index is 876. The highest BCUT2D eigenvalue weighted by molar-refractivity contribution is 5.76. The molecule has 0 amide bonds. The predicted octanol–water partition coefficient (Wildman–Crippen LogP) is 1.69. The van der Waals surface area contributed by atoms with E-state index in [1.807, 2.05) is 12.1 Å². The molecule has 0 spiro atoms. The molecule has 2 saturated heterocycles. The third kappa shape index (κ3) is 3.52. The van der Waals surface area contributed by atoms with Crippen molar-refractivity contribution in [3.63, 3.8) is 0 Å². The van der Waals surface area contributed by atoms with Gasteiger partial charge in [0.2, 0.25) is 0 Å². The summed E-state index contributed by atoms with van der Waals surface area (Å²) in [4.78, 5) is 16.7. The summed E-state index contributed by atoms with van der Waals surface area (Å²) in [5.41, 5.74) is 2.29. The molecule has 5 rings (SSSR count). The maximum Gasteiger partial charge on any atom is 0.315 e. The summed E-state index contributed by atoms with van der Waals surface area (Å²) in [6, 6.07) is 8.23. The molecule has 1 saturated carbocycles. The summed E-state index contributed by atoms with van der Waals surface area (Å²) < 4.78 is 11.1. The molecule has 6 nitrogen and oxygen atoms in total. The Morgan fingerprint density at radius 1 is 1.25 bits per heavy atom. The van der Waals surface area contributed by atoms with Crippen LogP contribution in [0.1, 0.15) is 33.1 Å². The van der Waals surface area contributed by atoms with Crippen LogP contribution < -0.4 is 14.5 Å². The first-order valence-electron chi connectivity index (χ1n) is 12.2. The lowest BCUT2D eigenvalue weighted by Crippen LogP contribution is -3.15. The molecule has 0 radical (unpaired) electrons. The van der Waals surface area contributed by atoms with Crippen LogP contribution in [0.3, 0.4) is 0 Å². The van der Waals surface area contributed by atoms with Crippen molar-refractivity contribution in [3.05, 3.63) is 35.9 Å². The number of hydrogen-bond acceptors (Lipinski definition) is 5. The molecular formula is C26H37N2O4+. The van der Waals surface area contributed by atoms with E-state index in [1.165, 1.54) is 16.2 Å². The van der Waals surface area contributed by atoms with E-state index in [9.17, 15) is 9.90 Å². The van der Waals surface area contributed by atoms with Crippen LogP contribution in [-0.4, -0.2) is 63.1 Å². The van der Waals surface area contributed by atoms with Crippen LogP contribution in [0.15, 0.2) is 35.9 Å². The first-order valence-corrected chi connectivity index (χ1v) is 12.2. The minimum atomic E-state index is -0.515. The third-order valence-corrected chi connectivity index (χ3v) is 8.99. The van der Waals surface area contributed by atoms with E-state index in [0.717, 1.165) is 57.7 Å². The van der Waals surface area contributed by atoms with Crippen molar-refractivity contribution in [2.75, 3.05) is 44.7 Å². The van der Waals surface area contributed by atoms with Crippen molar-refractivity contribution in [2.24, 2.45) is 23.2 Å². The normalized spacial score (nSPS) is 37.4. The predicted molar refractivity (Wildman–Crippen MR) is 123 cm³/mol. The fourth-order valence-corrected chi connectivity index (χ4v) is 6.69. The van der Waals surface area contributed by atoms with E-state index >= 15 is 0 Å². The van der Waals surface area contributed by atoms with Crippen molar-refractivity contribution in [1.82, 2.24) is 0 Å². The number of piperazine rings is 1. The molecule has 0 aromatic heterocycles. The Morgan fingerprint density at radius 3 is 2.66 bits per heavy atom. The number of esters is 1. The number of benzene rings is 1. The molecule has 3 fully saturated rings. The maximum absolute atomic E-state index is 12.9. The Labute approximate surface area is 191 Å². The Balaban J connectivity index is 1.25. The van der Waals surface area contributed by atoms with Gasteiger partial charge in [-0.2, -0.15) is 0 Å². The fourth-order valence-electron chi connectivity index (χ4n) is 6.69. The van der Waals surface area contributed by atoms with Gasteiger partial charge in [0.05, 0.1) is 45.9 Å². The fraction of sp³-hybridized carbons (Fsp3) is 0.654. The number of ether oxygens (including phenoxy) is 2. The highest BCUT2D eigenvalue weighted by Gasteiger charge is 2.60. The van der Waals surface area contributed by atoms with Crippen molar-refractivity contribution in [3.8, 4) is 5.75 Å². The minimum absolute atomic E-state index is 0.0858. The second-order valence-electron chi connectivity index (χ2n) is 10.4. The largest absolute Gasteiger partial charge is 0.497 e. The number of hydrogen-bond donors (Lipinski definition) is 2. The topological polar surface area (TPSA) is 63.4 Å². The molecule has 174 valence electrons. The van der Waals surface area contributed by atoms with Gasteiger partial charge >= 0.3 is 5.97 Å². The van der Waals surface area contributed by atoms with E-state index in [1.54, 1.807) is 7.11 Å². The molecule has 4 aliphatic rings. The number of anilines is 1. The summed E-state index contributed by atoms with van der Waals surface area (Å²) in [7, 11) is 1.69. The van der Waals surface area contributed by atoms with E-state index in [-0.39, 0.29) is 29.3 Å². The first kappa shape index (κ1) is 21.8. The average molecular weight is 442 g/mol. The van der Waals surface area contributed by atoms with Crippen LogP contribution in [0.25, 0.3) is 0 Å². The molecule has 0 bridgehead atoms. The van der Waals surface area contributed by atoms with Gasteiger partial charge in [0.1, 0.15) is 17.8 Å². The molecule has 2 aliphatic heterocycles. The monoisotopic (exact) mass is 441 g/mol. The second kappa shape index (κ2) is 8.38. The Morgan fingerprint density at radius 2 is 1.97 bits per heavy atom. The molecule has 0 unspecified atom stereocenters. The summed E-state index contributed by atoms with van der Waals surface area (Å²) in [6.45, 7) is 9.13. The zero-order valence-corrected chi connectivity index (χ0v) is 19.5. The standard InChI is InChI=1S/C26H36N2O4/c1-17-5-4-6-18-15-22-23(24(29)26(17,18)2)21(25(30)32-22)16-27-11-13-28(14-12-27)19-7-9-20(31-3)10-8-19/h6-10,17,21-24,29H,4-5,11-16H2,1-3H3/p+1/t17-,21-,22+,23+,24+,26+/m0/s1. The number of aliphatic hydroxyl groups excluding tert-OH is 1. The van der Waals surface area contributed by atoms with Crippen molar-refractivity contribution in [2.45, 2.75) is 45.3 Å². The van der Waals surface area contributed by atoms with E-state index in [0.29, 0.717) is 5.92 Å². The highest BCUT2D eigenvalue weighted by atomic mass is 16.6. The lowest BCUT2D eigenvalue weighted by Gasteiger charge is -2.51. The number of carbonyl (C=O) groups excluding carboxylic acids is 1. The first-order chi connectivity index (χ1) is 15.4. The molecular weight excluding hydrogens is 404 g/mol. The Hall–Kier alpha value is -2.05. The molecule has 6 atom stereocenters. The lowest BCUT2D eigenvalue weighted by molar-refractivity contribution is -0.903. The maximum atomic E-state index is 12.9. The van der Waals surface area contributed by atoms with E-state index in [4.69, 9.17) is 9.47 Å². The van der Waals surface area contributed by atoms with Crippen LogP contribution in [-0.2, 0) is 9.53 Å². The molecule has 2 heterocycles. The van der Waals surface area contributed by atoms with Gasteiger partial charge in [-0.3, -0.25) is 4.79 Å². The van der Waals surface area contributed by atoms with Gasteiger partial charge in [0, 0.05) is 23.4 Å². The van der Waals surface area contributed by atoms with Crippen LogP contribution in [0.5, 0.6) is 5.75 Å². The minimum Gasteiger partial charge on any atom is -0.497 e. The number of quaternary nitrogens is 1. The SMILES string of the molecule is COc1ccc(N2CC[NH+](C[C@@H]3C(=O)O[C@@H]4CC5=CCC[C@H](C)[C@@]5(C)[C@H](O)[C@H]34)CC2)cc1. The molecule has 1 aromatic rings. The number of allylic oxidation sites excluding steroid dienone is 1. The van der Waals surface area contributed by atoms with Gasteiger partial charge in [-0.15, -0.1) is 0 Å². The zero-order chi connectivity index (χ0) is 22.5. The number of fused-ring (bicyclic) bond motifs is 2. The van der Waals surface area contributed by atoms with Crippen molar-refractivity contribution < 1.29 is 24.3 Å². The van der Waals surface area contributed by atoms with Gasteiger partial charge < -0.3 is 24.4 Å². The van der Waals surface area contributed by atoms with E-state index < -0.39 is 6.10 Å². The number of carbonyl (C=O) groups is 1. The van der Waals surface area contributed by atoms with E-state index in [2.05, 4.69) is 37.0 Å². The summed E-state index contributed by atoms with van der Waals surface area (Å²) >= 11 is 0. The number of aliphatic hydroxyl groups is 1. The lowest BCUT2D eigenvalue weighted by atomic mass is 9.55. The summed E-state index contributed by atoms with van der Waals surface area (Å²) in [6.07, 6.45) is 4.59. The number of nitrogens with one attached hydrogen (secondary N) is 1. The number of nitrogens with zero attached hydrogens (tertiary/aromatic N) is 1. The zero-order valence-electron chi connectivity index (χ0n) is 19.5. The van der Waals surface area contributed by atoms with Crippen LogP contribution >= 0.6 is 0 Å². The molecule has 2 N–H and O–H groups in total. The second-order valence-corrected chi connectivity index (χ2v) is 10.4. The van der Waals surface area contributed by atoms with Crippen molar-refractivity contribution in [1.29, 1.82) is 0 Å².